The fraction of sp³-hybridized carbons (Fsp3) is 0.214. The zero-order valence-electron chi connectivity index (χ0n) is 11.2. The van der Waals surface area contributed by atoms with Gasteiger partial charge in [0.05, 0.1) is 9.88 Å². The number of hydrogen-bond donors (Lipinski definition) is 2. The maximum atomic E-state index is 12.2. The number of benzene rings is 1. The molecule has 2 rings (SSSR count). The molecule has 0 bridgehead atoms. The summed E-state index contributed by atoms with van der Waals surface area (Å²) in [7, 11) is 0. The predicted molar refractivity (Wildman–Crippen MR) is 78.4 cm³/mol. The van der Waals surface area contributed by atoms with Crippen LogP contribution in [0, 0.1) is 6.92 Å². The number of thiazole rings is 1. The molecule has 3 N–H and O–H groups in total. The molecule has 5 nitrogen and oxygen atoms in total. The minimum Gasteiger partial charge on any atom is -0.368 e. The van der Waals surface area contributed by atoms with Gasteiger partial charge in [-0.25, -0.2) is 4.98 Å². The van der Waals surface area contributed by atoms with Crippen molar-refractivity contribution in [1.29, 1.82) is 0 Å². The fourth-order valence-corrected chi connectivity index (χ4v) is 2.62. The Kier molecular flexibility index (Phi) is 4.14. The fourth-order valence-electron chi connectivity index (χ4n) is 1.70. The molecule has 0 saturated carbocycles. The summed E-state index contributed by atoms with van der Waals surface area (Å²) in [6.07, 6.45) is 0. The number of carbonyl (C=O) groups is 2. The third-order valence-electron chi connectivity index (χ3n) is 2.76. The summed E-state index contributed by atoms with van der Waals surface area (Å²) in [6.45, 7) is 3.38. The first kappa shape index (κ1) is 14.2. The second-order valence-electron chi connectivity index (χ2n) is 4.37. The molecule has 2 amide bonds. The SMILES string of the molecule is Cc1nc(C(=O)NC(C)C(N)=O)c(-c2ccccc2)s1. The Bertz CT molecular complexity index is 637. The molecule has 1 unspecified atom stereocenters. The van der Waals surface area contributed by atoms with E-state index in [0.29, 0.717) is 5.69 Å². The third-order valence-corrected chi connectivity index (χ3v) is 3.78. The molecule has 0 aliphatic heterocycles. The van der Waals surface area contributed by atoms with Gasteiger partial charge in [-0.2, -0.15) is 0 Å². The molecule has 0 saturated heterocycles. The minimum absolute atomic E-state index is 0.326. The van der Waals surface area contributed by atoms with Gasteiger partial charge in [0, 0.05) is 0 Å². The maximum Gasteiger partial charge on any atom is 0.272 e. The van der Waals surface area contributed by atoms with Gasteiger partial charge in [-0.1, -0.05) is 30.3 Å². The van der Waals surface area contributed by atoms with Crippen molar-refractivity contribution in [3.05, 3.63) is 41.0 Å². The summed E-state index contributed by atoms with van der Waals surface area (Å²) in [4.78, 5) is 28.3. The van der Waals surface area contributed by atoms with Gasteiger partial charge in [0.2, 0.25) is 5.91 Å². The molecule has 0 aliphatic rings. The van der Waals surface area contributed by atoms with Gasteiger partial charge < -0.3 is 11.1 Å². The zero-order chi connectivity index (χ0) is 14.7. The summed E-state index contributed by atoms with van der Waals surface area (Å²) < 4.78 is 0. The van der Waals surface area contributed by atoms with E-state index in [1.54, 1.807) is 6.92 Å². The van der Waals surface area contributed by atoms with Crippen LogP contribution in [-0.4, -0.2) is 22.8 Å². The van der Waals surface area contributed by atoms with Crippen LogP contribution in [0.2, 0.25) is 0 Å². The number of nitrogens with two attached hydrogens (primary N) is 1. The topological polar surface area (TPSA) is 85.1 Å². The number of rotatable bonds is 4. The van der Waals surface area contributed by atoms with Crippen molar-refractivity contribution in [3.8, 4) is 10.4 Å². The average Bonchev–Trinajstić information content (AvgIpc) is 2.81. The predicted octanol–water partition coefficient (Wildman–Crippen LogP) is 1.72. The lowest BCUT2D eigenvalue weighted by Crippen LogP contribution is -2.42. The molecule has 0 fully saturated rings. The van der Waals surface area contributed by atoms with Crippen LogP contribution >= 0.6 is 11.3 Å². The molecule has 1 atom stereocenters. The molecule has 1 heterocycles. The van der Waals surface area contributed by atoms with E-state index in [0.717, 1.165) is 15.4 Å². The molecule has 0 spiro atoms. The number of aryl methyl sites for hydroxylation is 1. The van der Waals surface area contributed by atoms with E-state index in [9.17, 15) is 9.59 Å². The molecule has 1 aromatic carbocycles. The lowest BCUT2D eigenvalue weighted by atomic mass is 10.1. The van der Waals surface area contributed by atoms with Crippen LogP contribution in [-0.2, 0) is 4.79 Å². The highest BCUT2D eigenvalue weighted by Gasteiger charge is 2.21. The van der Waals surface area contributed by atoms with E-state index in [-0.39, 0.29) is 5.91 Å². The van der Waals surface area contributed by atoms with Gasteiger partial charge in [-0.15, -0.1) is 11.3 Å². The Morgan fingerprint density at radius 3 is 2.55 bits per heavy atom. The number of nitrogens with one attached hydrogen (secondary N) is 1. The van der Waals surface area contributed by atoms with Gasteiger partial charge >= 0.3 is 0 Å². The van der Waals surface area contributed by atoms with Gasteiger partial charge in [0.25, 0.3) is 5.91 Å². The molecule has 6 heteroatoms. The highest BCUT2D eigenvalue weighted by atomic mass is 32.1. The van der Waals surface area contributed by atoms with Gasteiger partial charge in [0.1, 0.15) is 11.7 Å². The normalized spacial score (nSPS) is 11.9. The average molecular weight is 289 g/mol. The van der Waals surface area contributed by atoms with E-state index < -0.39 is 11.9 Å². The van der Waals surface area contributed by atoms with Gasteiger partial charge in [0.15, 0.2) is 0 Å². The summed E-state index contributed by atoms with van der Waals surface area (Å²) in [5.74, 6) is -0.967. The molecular formula is C14H15N3O2S. The van der Waals surface area contributed by atoms with Crippen molar-refractivity contribution in [2.24, 2.45) is 5.73 Å². The second kappa shape index (κ2) is 5.83. The van der Waals surface area contributed by atoms with Crippen LogP contribution in [0.3, 0.4) is 0 Å². The van der Waals surface area contributed by atoms with Gasteiger partial charge in [-0.05, 0) is 19.4 Å². The molecule has 1 aromatic heterocycles. The Morgan fingerprint density at radius 2 is 1.95 bits per heavy atom. The van der Waals surface area contributed by atoms with E-state index in [1.165, 1.54) is 11.3 Å². The van der Waals surface area contributed by atoms with Crippen molar-refractivity contribution in [3.63, 3.8) is 0 Å². The van der Waals surface area contributed by atoms with Crippen LogP contribution < -0.4 is 11.1 Å². The lowest BCUT2D eigenvalue weighted by Gasteiger charge is -2.09. The first-order valence-electron chi connectivity index (χ1n) is 6.12. The monoisotopic (exact) mass is 289 g/mol. The Labute approximate surface area is 120 Å². The number of aromatic nitrogens is 1. The first-order valence-corrected chi connectivity index (χ1v) is 6.93. The van der Waals surface area contributed by atoms with Crippen molar-refractivity contribution in [2.75, 3.05) is 0 Å². The van der Waals surface area contributed by atoms with Crippen molar-refractivity contribution < 1.29 is 9.59 Å². The van der Waals surface area contributed by atoms with Crippen LogP contribution in [0.1, 0.15) is 22.4 Å². The highest BCUT2D eigenvalue weighted by Crippen LogP contribution is 2.29. The smallest absolute Gasteiger partial charge is 0.272 e. The van der Waals surface area contributed by atoms with Crippen LogP contribution in [0.25, 0.3) is 10.4 Å². The molecular weight excluding hydrogens is 274 g/mol. The number of primary amides is 1. The third kappa shape index (κ3) is 3.03. The minimum atomic E-state index is -0.729. The largest absolute Gasteiger partial charge is 0.368 e. The number of hydrogen-bond acceptors (Lipinski definition) is 4. The standard InChI is InChI=1S/C14H15N3O2S/c1-8(13(15)18)16-14(19)11-12(20-9(2)17-11)10-6-4-3-5-7-10/h3-8H,1-2H3,(H2,15,18)(H,16,19). The summed E-state index contributed by atoms with van der Waals surface area (Å²) in [5, 5.41) is 3.34. The van der Waals surface area contributed by atoms with Crippen LogP contribution in [0.5, 0.6) is 0 Å². The first-order chi connectivity index (χ1) is 9.49. The van der Waals surface area contributed by atoms with Crippen molar-refractivity contribution in [2.45, 2.75) is 19.9 Å². The lowest BCUT2D eigenvalue weighted by molar-refractivity contribution is -0.119. The van der Waals surface area contributed by atoms with Gasteiger partial charge in [-0.3, -0.25) is 9.59 Å². The Hall–Kier alpha value is -2.21. The number of amides is 2. The van der Waals surface area contributed by atoms with Crippen molar-refractivity contribution >= 4 is 23.2 Å². The molecule has 0 radical (unpaired) electrons. The molecule has 2 aromatic rings. The van der Waals surface area contributed by atoms with Crippen molar-refractivity contribution in [1.82, 2.24) is 10.3 Å². The summed E-state index contributed by atoms with van der Waals surface area (Å²) >= 11 is 1.44. The van der Waals surface area contributed by atoms with Crippen LogP contribution in [0.4, 0.5) is 0 Å². The summed E-state index contributed by atoms with van der Waals surface area (Å²) in [6, 6.07) is 8.82. The number of carbonyl (C=O) groups excluding carboxylic acids is 2. The second-order valence-corrected chi connectivity index (χ2v) is 5.58. The van der Waals surface area contributed by atoms with E-state index in [2.05, 4.69) is 10.3 Å². The van der Waals surface area contributed by atoms with E-state index in [4.69, 9.17) is 5.73 Å². The summed E-state index contributed by atoms with van der Waals surface area (Å²) in [5.41, 5.74) is 6.40. The van der Waals surface area contributed by atoms with Crippen LogP contribution in [0.15, 0.2) is 30.3 Å². The number of nitrogens with zero attached hydrogens (tertiary/aromatic N) is 1. The highest BCUT2D eigenvalue weighted by molar-refractivity contribution is 7.15. The Balaban J connectivity index is 2.33. The van der Waals surface area contributed by atoms with E-state index in [1.807, 2.05) is 37.3 Å². The molecule has 104 valence electrons. The maximum absolute atomic E-state index is 12.2. The zero-order valence-corrected chi connectivity index (χ0v) is 12.0. The van der Waals surface area contributed by atoms with E-state index >= 15 is 0 Å². The molecule has 20 heavy (non-hydrogen) atoms. The molecule has 0 aliphatic carbocycles. The quantitative estimate of drug-likeness (QED) is 0.898. The Morgan fingerprint density at radius 1 is 1.30 bits per heavy atom.